The molecule has 3 aromatic rings. The molecule has 2 aliphatic carbocycles. The molecule has 10 nitrogen and oxygen atoms in total. The molecule has 2 aromatic heterocycles. The average molecular weight is 488 g/mol. The molecule has 2 heterocycles. The lowest BCUT2D eigenvalue weighted by molar-refractivity contribution is -0.137. The number of aromatic amines is 1. The summed E-state index contributed by atoms with van der Waals surface area (Å²) in [6.45, 7) is -0.232. The fraction of sp³-hybridized carbons (Fsp3) is 0.231. The summed E-state index contributed by atoms with van der Waals surface area (Å²) in [7, 11) is 0. The molecule has 0 saturated carbocycles. The smallest absolute Gasteiger partial charge is 0.323 e. The number of rotatable bonds is 6. The SMILES string of the molecule is O=C(O)Cn1c2c([nH]c(=O)c1=O)CCC1=C2C=C(n2ccc(CNC(=O)Nc3ccccc3)c2)CC1. The number of allylic oxidation sites excluding steroid dienone is 4. The van der Waals surface area contributed by atoms with E-state index in [2.05, 4.69) is 15.6 Å². The molecule has 0 saturated heterocycles. The highest BCUT2D eigenvalue weighted by molar-refractivity contribution is 5.89. The predicted molar refractivity (Wildman–Crippen MR) is 134 cm³/mol. The van der Waals surface area contributed by atoms with Crippen LogP contribution in [0.4, 0.5) is 10.5 Å². The van der Waals surface area contributed by atoms with Crippen molar-refractivity contribution in [2.45, 2.75) is 38.8 Å². The van der Waals surface area contributed by atoms with Crippen LogP contribution in [0.3, 0.4) is 0 Å². The van der Waals surface area contributed by atoms with Gasteiger partial charge < -0.3 is 25.3 Å². The summed E-state index contributed by atoms with van der Waals surface area (Å²) < 4.78 is 3.04. The first-order valence-electron chi connectivity index (χ1n) is 11.7. The molecule has 1 aromatic carbocycles. The Bertz CT molecular complexity index is 1520. The van der Waals surface area contributed by atoms with Crippen LogP contribution in [-0.4, -0.2) is 31.2 Å². The lowest BCUT2D eigenvalue weighted by Gasteiger charge is -2.28. The number of carboxylic acid groups (broad SMARTS) is 1. The Morgan fingerprint density at radius 1 is 1.03 bits per heavy atom. The molecule has 0 spiro atoms. The molecule has 0 fully saturated rings. The second kappa shape index (κ2) is 9.57. The predicted octanol–water partition coefficient (Wildman–Crippen LogP) is 2.78. The number of aryl methyl sites for hydroxylation is 1. The topological polar surface area (TPSA) is 138 Å². The molecule has 2 aliphatic rings. The second-order valence-electron chi connectivity index (χ2n) is 8.82. The summed E-state index contributed by atoms with van der Waals surface area (Å²) in [5.41, 5.74) is 3.92. The van der Waals surface area contributed by atoms with E-state index in [1.165, 1.54) is 0 Å². The molecule has 5 rings (SSSR count). The Hall–Kier alpha value is -4.60. The Morgan fingerprint density at radius 3 is 2.58 bits per heavy atom. The van der Waals surface area contributed by atoms with Crippen LogP contribution in [0.25, 0.3) is 11.3 Å². The van der Waals surface area contributed by atoms with Crippen molar-refractivity contribution in [3.8, 4) is 0 Å². The number of carbonyl (C=O) groups is 2. The molecule has 10 heteroatoms. The molecule has 0 unspecified atom stereocenters. The number of amides is 2. The Balaban J connectivity index is 1.38. The number of aliphatic carboxylic acids is 1. The number of carboxylic acids is 1. The Morgan fingerprint density at radius 2 is 1.81 bits per heavy atom. The van der Waals surface area contributed by atoms with Gasteiger partial charge >= 0.3 is 23.1 Å². The average Bonchev–Trinajstić information content (AvgIpc) is 3.34. The van der Waals surface area contributed by atoms with Crippen molar-refractivity contribution in [2.24, 2.45) is 0 Å². The van der Waals surface area contributed by atoms with E-state index in [9.17, 15) is 24.3 Å². The maximum atomic E-state index is 12.5. The van der Waals surface area contributed by atoms with Crippen LogP contribution in [0, 0.1) is 0 Å². The zero-order valence-corrected chi connectivity index (χ0v) is 19.4. The van der Waals surface area contributed by atoms with E-state index in [1.807, 2.05) is 59.4 Å². The van der Waals surface area contributed by atoms with Crippen molar-refractivity contribution in [1.82, 2.24) is 19.4 Å². The zero-order chi connectivity index (χ0) is 25.2. The number of hydrogen-bond acceptors (Lipinski definition) is 4. The van der Waals surface area contributed by atoms with Crippen LogP contribution in [-0.2, 0) is 24.3 Å². The maximum absolute atomic E-state index is 12.5. The van der Waals surface area contributed by atoms with E-state index in [-0.39, 0.29) is 6.03 Å². The number of carbonyl (C=O) groups excluding carboxylic acids is 1. The third-order valence-electron chi connectivity index (χ3n) is 6.43. The van der Waals surface area contributed by atoms with Gasteiger partial charge in [-0.1, -0.05) is 23.8 Å². The van der Waals surface area contributed by atoms with Crippen molar-refractivity contribution in [1.29, 1.82) is 0 Å². The van der Waals surface area contributed by atoms with Crippen molar-refractivity contribution >= 4 is 29.0 Å². The first-order valence-corrected chi connectivity index (χ1v) is 11.7. The number of para-hydroxylation sites is 1. The van der Waals surface area contributed by atoms with Crippen molar-refractivity contribution < 1.29 is 14.7 Å². The molecule has 0 radical (unpaired) electrons. The highest BCUT2D eigenvalue weighted by Gasteiger charge is 2.27. The second-order valence-corrected chi connectivity index (χ2v) is 8.82. The monoisotopic (exact) mass is 487 g/mol. The van der Waals surface area contributed by atoms with Crippen LogP contribution in [0.5, 0.6) is 0 Å². The lowest BCUT2D eigenvalue weighted by atomic mass is 9.84. The summed E-state index contributed by atoms with van der Waals surface area (Å²) in [6.07, 6.45) is 8.64. The number of hydrogen-bond donors (Lipinski definition) is 4. The minimum absolute atomic E-state index is 0.301. The van der Waals surface area contributed by atoms with Gasteiger partial charge in [0.1, 0.15) is 6.54 Å². The van der Waals surface area contributed by atoms with Crippen LogP contribution < -0.4 is 21.8 Å². The molecule has 2 amide bonds. The molecular weight excluding hydrogens is 462 g/mol. The fourth-order valence-corrected chi connectivity index (χ4v) is 4.74. The number of anilines is 1. The van der Waals surface area contributed by atoms with Gasteiger partial charge in [0.25, 0.3) is 0 Å². The summed E-state index contributed by atoms with van der Waals surface area (Å²) >= 11 is 0. The van der Waals surface area contributed by atoms with E-state index in [0.717, 1.165) is 46.2 Å². The highest BCUT2D eigenvalue weighted by Crippen LogP contribution is 2.39. The summed E-state index contributed by atoms with van der Waals surface area (Å²) in [4.78, 5) is 50.9. The normalized spacial score (nSPS) is 14.5. The van der Waals surface area contributed by atoms with Crippen molar-refractivity contribution in [2.75, 3.05) is 5.32 Å². The first-order chi connectivity index (χ1) is 17.4. The van der Waals surface area contributed by atoms with Crippen LogP contribution in [0.2, 0.25) is 0 Å². The lowest BCUT2D eigenvalue weighted by Crippen LogP contribution is -2.41. The van der Waals surface area contributed by atoms with E-state index in [0.29, 0.717) is 30.0 Å². The van der Waals surface area contributed by atoms with Gasteiger partial charge in [0.05, 0.1) is 5.69 Å². The number of nitrogens with one attached hydrogen (secondary N) is 3. The zero-order valence-electron chi connectivity index (χ0n) is 19.4. The minimum Gasteiger partial charge on any atom is -0.480 e. The van der Waals surface area contributed by atoms with Gasteiger partial charge in [-0.25, -0.2) is 4.79 Å². The Labute approximate surface area is 205 Å². The molecule has 0 bridgehead atoms. The molecule has 36 heavy (non-hydrogen) atoms. The van der Waals surface area contributed by atoms with Crippen molar-refractivity contribution in [3.63, 3.8) is 0 Å². The van der Waals surface area contributed by atoms with Crippen LogP contribution in [0.1, 0.15) is 36.2 Å². The minimum atomic E-state index is -1.18. The summed E-state index contributed by atoms with van der Waals surface area (Å²) in [6, 6.07) is 10.8. The molecular formula is C26H25N5O5. The third-order valence-corrected chi connectivity index (χ3v) is 6.43. The number of fused-ring (bicyclic) bond motifs is 2. The highest BCUT2D eigenvalue weighted by atomic mass is 16.4. The van der Waals surface area contributed by atoms with Gasteiger partial charge in [0, 0.05) is 41.6 Å². The summed E-state index contributed by atoms with van der Waals surface area (Å²) in [5, 5.41) is 15.0. The Kier molecular flexibility index (Phi) is 6.16. The van der Waals surface area contributed by atoms with Gasteiger partial charge in [0.2, 0.25) is 0 Å². The maximum Gasteiger partial charge on any atom is 0.323 e. The number of urea groups is 1. The van der Waals surface area contributed by atoms with E-state index < -0.39 is 23.6 Å². The fourth-order valence-electron chi connectivity index (χ4n) is 4.74. The van der Waals surface area contributed by atoms with Crippen molar-refractivity contribution in [3.05, 3.63) is 98.1 Å². The van der Waals surface area contributed by atoms with E-state index in [1.54, 1.807) is 0 Å². The van der Waals surface area contributed by atoms with Gasteiger partial charge in [-0.05, 0) is 55.5 Å². The molecule has 0 atom stereocenters. The van der Waals surface area contributed by atoms with Gasteiger partial charge in [-0.15, -0.1) is 0 Å². The third kappa shape index (κ3) is 4.65. The van der Waals surface area contributed by atoms with Crippen LogP contribution in [0.15, 0.2) is 70.0 Å². The molecule has 184 valence electrons. The van der Waals surface area contributed by atoms with Gasteiger partial charge in [-0.3, -0.25) is 19.0 Å². The number of nitrogens with zero attached hydrogens (tertiary/aromatic N) is 2. The number of benzene rings is 1. The molecule has 4 N–H and O–H groups in total. The quantitative estimate of drug-likeness (QED) is 0.396. The van der Waals surface area contributed by atoms with E-state index in [4.69, 9.17) is 0 Å². The number of H-pyrrole nitrogens is 1. The summed E-state index contributed by atoms with van der Waals surface area (Å²) in [5.74, 6) is -1.18. The largest absolute Gasteiger partial charge is 0.480 e. The first kappa shape index (κ1) is 23.2. The standard InChI is InChI=1S/C26H25N5O5/c32-22(33)15-31-23-20-12-19(8-6-17(20)7-9-21(23)29-24(34)25(31)35)30-11-10-16(14-30)13-27-26(36)28-18-4-2-1-3-5-18/h1-5,10-12,14H,6-9,13,15H2,(H,29,34)(H,32,33)(H2,27,28,36). The van der Waals surface area contributed by atoms with Gasteiger partial charge in [0.15, 0.2) is 0 Å². The number of aromatic nitrogens is 3. The van der Waals surface area contributed by atoms with E-state index >= 15 is 0 Å². The van der Waals surface area contributed by atoms with Crippen LogP contribution >= 0.6 is 0 Å². The molecule has 0 aliphatic heterocycles. The van der Waals surface area contributed by atoms with Gasteiger partial charge in [-0.2, -0.15) is 0 Å².